The molecule has 0 bridgehead atoms. The Morgan fingerprint density at radius 3 is 2.58 bits per heavy atom. The second-order valence-corrected chi connectivity index (χ2v) is 6.91. The van der Waals surface area contributed by atoms with Crippen LogP contribution in [0.1, 0.15) is 51.9 Å². The second kappa shape index (κ2) is 5.71. The molecular weight excluding hydrogens is 238 g/mol. The lowest BCUT2D eigenvalue weighted by Gasteiger charge is -2.43. The Hall–Kier alpha value is -0.120. The smallest absolute Gasteiger partial charge is 0.0756 e. The van der Waals surface area contributed by atoms with Gasteiger partial charge in [-0.1, -0.05) is 19.8 Å². The van der Waals surface area contributed by atoms with E-state index in [0.717, 1.165) is 19.1 Å². The summed E-state index contributed by atoms with van der Waals surface area (Å²) < 4.78 is 12.2. The van der Waals surface area contributed by atoms with Crippen LogP contribution in [0.25, 0.3) is 0 Å². The van der Waals surface area contributed by atoms with Crippen molar-refractivity contribution < 1.29 is 9.47 Å². The van der Waals surface area contributed by atoms with Crippen LogP contribution in [0.2, 0.25) is 0 Å². The van der Waals surface area contributed by atoms with E-state index in [1.165, 1.54) is 44.9 Å². The van der Waals surface area contributed by atoms with Gasteiger partial charge in [0.2, 0.25) is 0 Å². The minimum Gasteiger partial charge on any atom is -0.376 e. The first-order valence-corrected chi connectivity index (χ1v) is 8.17. The van der Waals surface area contributed by atoms with Crippen molar-refractivity contribution in [2.75, 3.05) is 20.3 Å². The monoisotopic (exact) mass is 267 g/mol. The van der Waals surface area contributed by atoms with E-state index < -0.39 is 0 Å². The first-order chi connectivity index (χ1) is 9.24. The van der Waals surface area contributed by atoms with E-state index in [9.17, 15) is 0 Å². The molecule has 1 N–H and O–H groups in total. The fourth-order valence-corrected chi connectivity index (χ4v) is 4.58. The van der Waals surface area contributed by atoms with Gasteiger partial charge >= 0.3 is 0 Å². The van der Waals surface area contributed by atoms with E-state index in [1.807, 2.05) is 0 Å². The number of rotatable bonds is 3. The molecule has 3 heteroatoms. The highest BCUT2D eigenvalue weighted by Gasteiger charge is 2.44. The lowest BCUT2D eigenvalue weighted by molar-refractivity contribution is -0.107. The Morgan fingerprint density at radius 1 is 1.16 bits per heavy atom. The van der Waals surface area contributed by atoms with Crippen LogP contribution in [0.3, 0.4) is 0 Å². The maximum Gasteiger partial charge on any atom is 0.0756 e. The van der Waals surface area contributed by atoms with E-state index in [1.54, 1.807) is 0 Å². The number of nitrogens with one attached hydrogen (secondary N) is 1. The molecule has 2 heterocycles. The molecule has 1 spiro atoms. The number of hydrogen-bond acceptors (Lipinski definition) is 3. The molecule has 0 aromatic rings. The Labute approximate surface area is 117 Å². The summed E-state index contributed by atoms with van der Waals surface area (Å²) in [6.45, 7) is 4.23. The normalized spacial score (nSPS) is 39.8. The Kier molecular flexibility index (Phi) is 4.16. The van der Waals surface area contributed by atoms with Crippen molar-refractivity contribution >= 4 is 0 Å². The zero-order valence-corrected chi connectivity index (χ0v) is 12.5. The maximum atomic E-state index is 6.17. The van der Waals surface area contributed by atoms with Gasteiger partial charge in [0.05, 0.1) is 11.7 Å². The van der Waals surface area contributed by atoms with Crippen LogP contribution in [0.5, 0.6) is 0 Å². The van der Waals surface area contributed by atoms with Crippen LogP contribution < -0.4 is 5.32 Å². The molecule has 0 radical (unpaired) electrons. The van der Waals surface area contributed by atoms with Crippen LogP contribution in [-0.4, -0.2) is 38.0 Å². The summed E-state index contributed by atoms with van der Waals surface area (Å²) in [5.74, 6) is 1.42. The molecular formula is C16H29NO2. The zero-order chi connectivity index (χ0) is 13.3. The summed E-state index contributed by atoms with van der Waals surface area (Å²) in [5.41, 5.74) is 0.222. The predicted molar refractivity (Wildman–Crippen MR) is 76.2 cm³/mol. The SMILES string of the molecule is CNC(C1CCOC2(CCCC2)C1)C1OCCC1C. The molecule has 3 fully saturated rings. The summed E-state index contributed by atoms with van der Waals surface area (Å²) in [7, 11) is 2.11. The van der Waals surface area contributed by atoms with Crippen molar-refractivity contribution in [1.82, 2.24) is 5.32 Å². The highest BCUT2D eigenvalue weighted by atomic mass is 16.5. The molecule has 0 amide bonds. The molecule has 0 aromatic carbocycles. The molecule has 4 unspecified atom stereocenters. The molecule has 3 aliphatic rings. The van der Waals surface area contributed by atoms with Gasteiger partial charge in [-0.2, -0.15) is 0 Å². The zero-order valence-electron chi connectivity index (χ0n) is 12.5. The second-order valence-electron chi connectivity index (χ2n) is 6.91. The first kappa shape index (κ1) is 13.8. The van der Waals surface area contributed by atoms with Gasteiger partial charge in [0.25, 0.3) is 0 Å². The maximum absolute atomic E-state index is 6.17. The van der Waals surface area contributed by atoms with Crippen molar-refractivity contribution in [2.24, 2.45) is 11.8 Å². The lowest BCUT2D eigenvalue weighted by Crippen LogP contribution is -2.51. The van der Waals surface area contributed by atoms with Crippen molar-refractivity contribution in [1.29, 1.82) is 0 Å². The summed E-state index contributed by atoms with van der Waals surface area (Å²) in [6, 6.07) is 0.513. The van der Waals surface area contributed by atoms with Gasteiger partial charge < -0.3 is 14.8 Å². The average molecular weight is 267 g/mol. The molecule has 19 heavy (non-hydrogen) atoms. The molecule has 110 valence electrons. The van der Waals surface area contributed by atoms with E-state index in [0.29, 0.717) is 18.1 Å². The standard InChI is InChI=1S/C16H29NO2/c1-12-5-9-18-15(12)14(17-2)13-6-10-19-16(11-13)7-3-4-8-16/h12-15,17H,3-11H2,1-2H3. The van der Waals surface area contributed by atoms with E-state index >= 15 is 0 Å². The van der Waals surface area contributed by atoms with Gasteiger partial charge in [0.1, 0.15) is 0 Å². The number of hydrogen-bond donors (Lipinski definition) is 1. The van der Waals surface area contributed by atoms with Gasteiger partial charge in [-0.05, 0) is 51.0 Å². The van der Waals surface area contributed by atoms with Crippen LogP contribution in [0.4, 0.5) is 0 Å². The first-order valence-electron chi connectivity index (χ1n) is 8.17. The molecule has 1 saturated carbocycles. The third kappa shape index (κ3) is 2.70. The third-order valence-corrected chi connectivity index (χ3v) is 5.69. The Balaban J connectivity index is 1.68. The van der Waals surface area contributed by atoms with Crippen LogP contribution >= 0.6 is 0 Å². The molecule has 3 rings (SSSR count). The molecule has 2 aliphatic heterocycles. The minimum absolute atomic E-state index is 0.222. The highest BCUT2D eigenvalue weighted by molar-refractivity contribution is 4.97. The van der Waals surface area contributed by atoms with Gasteiger partial charge in [0.15, 0.2) is 0 Å². The lowest BCUT2D eigenvalue weighted by atomic mass is 9.77. The summed E-state index contributed by atoms with van der Waals surface area (Å²) >= 11 is 0. The third-order valence-electron chi connectivity index (χ3n) is 5.69. The van der Waals surface area contributed by atoms with Crippen molar-refractivity contribution in [3.63, 3.8) is 0 Å². The van der Waals surface area contributed by atoms with Crippen LogP contribution in [0.15, 0.2) is 0 Å². The molecule has 4 atom stereocenters. The quantitative estimate of drug-likeness (QED) is 0.853. The summed E-state index contributed by atoms with van der Waals surface area (Å²) in [6.07, 6.45) is 9.33. The predicted octanol–water partition coefficient (Wildman–Crippen LogP) is 2.74. The van der Waals surface area contributed by atoms with E-state index in [-0.39, 0.29) is 5.60 Å². The van der Waals surface area contributed by atoms with Crippen LogP contribution in [-0.2, 0) is 9.47 Å². The van der Waals surface area contributed by atoms with Gasteiger partial charge in [-0.25, -0.2) is 0 Å². The average Bonchev–Trinajstić information content (AvgIpc) is 3.02. The molecule has 3 nitrogen and oxygen atoms in total. The fraction of sp³-hybridized carbons (Fsp3) is 1.00. The topological polar surface area (TPSA) is 30.5 Å². The largest absolute Gasteiger partial charge is 0.376 e. The van der Waals surface area contributed by atoms with Crippen molar-refractivity contribution in [3.8, 4) is 0 Å². The van der Waals surface area contributed by atoms with Gasteiger partial charge in [-0.15, -0.1) is 0 Å². The summed E-state index contributed by atoms with van der Waals surface area (Å²) in [5, 5.41) is 3.57. The molecule has 0 aromatic heterocycles. The van der Waals surface area contributed by atoms with Crippen LogP contribution in [0, 0.1) is 11.8 Å². The Morgan fingerprint density at radius 2 is 1.95 bits per heavy atom. The highest BCUT2D eigenvalue weighted by Crippen LogP contribution is 2.44. The molecule has 2 saturated heterocycles. The minimum atomic E-state index is 0.222. The van der Waals surface area contributed by atoms with Gasteiger partial charge in [-0.3, -0.25) is 0 Å². The van der Waals surface area contributed by atoms with E-state index in [4.69, 9.17) is 9.47 Å². The number of likely N-dealkylation sites (N-methyl/N-ethyl adjacent to an activating group) is 1. The van der Waals surface area contributed by atoms with Crippen molar-refractivity contribution in [2.45, 2.75) is 69.6 Å². The van der Waals surface area contributed by atoms with Crippen molar-refractivity contribution in [3.05, 3.63) is 0 Å². The number of ether oxygens (including phenoxy) is 2. The Bertz CT molecular complexity index is 301. The summed E-state index contributed by atoms with van der Waals surface area (Å²) in [4.78, 5) is 0. The van der Waals surface area contributed by atoms with E-state index in [2.05, 4.69) is 19.3 Å². The molecule has 1 aliphatic carbocycles. The fourth-order valence-electron chi connectivity index (χ4n) is 4.58. The van der Waals surface area contributed by atoms with Gasteiger partial charge in [0, 0.05) is 19.3 Å².